The zero-order chi connectivity index (χ0) is 14.1. The number of pyridine rings is 1. The number of aromatic nitrogens is 1. The quantitative estimate of drug-likeness (QED) is 0.696. The van der Waals surface area contributed by atoms with E-state index in [9.17, 15) is 0 Å². The first kappa shape index (κ1) is 16.1. The van der Waals surface area contributed by atoms with Crippen LogP contribution in [0.1, 0.15) is 31.5 Å². The van der Waals surface area contributed by atoms with E-state index in [0.29, 0.717) is 0 Å². The molecule has 108 valence electrons. The molecule has 4 heteroatoms. The molecule has 0 amide bonds. The minimum Gasteiger partial charge on any atom is -0.354 e. The smallest absolute Gasteiger partial charge is 0.172 e. The third kappa shape index (κ3) is 5.27. The molecule has 1 aromatic heterocycles. The molecule has 0 fully saturated rings. The summed E-state index contributed by atoms with van der Waals surface area (Å²) in [5, 5.41) is 3.46. The maximum absolute atomic E-state index is 5.36. The molecule has 0 saturated carbocycles. The van der Waals surface area contributed by atoms with Gasteiger partial charge in [0.05, 0.1) is 6.04 Å². The molecule has 0 bridgehead atoms. The fourth-order valence-corrected chi connectivity index (χ4v) is 2.03. The van der Waals surface area contributed by atoms with Crippen LogP contribution >= 0.6 is 0 Å². The molecule has 0 spiro atoms. The second-order valence-corrected chi connectivity index (χ2v) is 4.62. The first-order valence-corrected chi connectivity index (χ1v) is 6.97. The first-order chi connectivity index (χ1) is 9.24. The Morgan fingerprint density at radius 2 is 1.95 bits per heavy atom. The Morgan fingerprint density at radius 1 is 1.21 bits per heavy atom. The molecule has 1 heterocycles. The van der Waals surface area contributed by atoms with Crippen LogP contribution in [0.25, 0.3) is 0 Å². The summed E-state index contributed by atoms with van der Waals surface area (Å²) in [6.45, 7) is 5.22. The maximum atomic E-state index is 5.36. The van der Waals surface area contributed by atoms with Crippen molar-refractivity contribution in [2.45, 2.75) is 45.4 Å². The van der Waals surface area contributed by atoms with Crippen molar-refractivity contribution in [2.75, 3.05) is 20.8 Å². The molecule has 4 nitrogen and oxygen atoms in total. The molecule has 1 atom stereocenters. The lowest BCUT2D eigenvalue weighted by atomic mass is 10.1. The molecular weight excluding hydrogens is 240 g/mol. The van der Waals surface area contributed by atoms with Crippen molar-refractivity contribution in [2.24, 2.45) is 0 Å². The predicted molar refractivity (Wildman–Crippen MR) is 77.2 cm³/mol. The average molecular weight is 266 g/mol. The summed E-state index contributed by atoms with van der Waals surface area (Å²) >= 11 is 0. The first-order valence-electron chi connectivity index (χ1n) is 6.97. The van der Waals surface area contributed by atoms with Gasteiger partial charge in [-0.15, -0.1) is 0 Å². The summed E-state index contributed by atoms with van der Waals surface area (Å²) in [5.74, 6) is 0. The zero-order valence-corrected chi connectivity index (χ0v) is 12.5. The highest BCUT2D eigenvalue weighted by atomic mass is 16.7. The number of rotatable bonds is 9. The lowest BCUT2D eigenvalue weighted by molar-refractivity contribution is -0.122. The lowest BCUT2D eigenvalue weighted by Gasteiger charge is -2.25. The van der Waals surface area contributed by atoms with Crippen LogP contribution in [0.5, 0.6) is 0 Å². The average Bonchev–Trinajstić information content (AvgIpc) is 2.46. The molecule has 0 saturated heterocycles. The molecule has 1 rings (SSSR count). The molecular formula is C15H26N2O2. The highest BCUT2D eigenvalue weighted by molar-refractivity contribution is 5.14. The van der Waals surface area contributed by atoms with Gasteiger partial charge in [-0.05, 0) is 31.0 Å². The van der Waals surface area contributed by atoms with E-state index in [1.54, 1.807) is 14.2 Å². The van der Waals surface area contributed by atoms with Crippen molar-refractivity contribution in [1.82, 2.24) is 10.3 Å². The van der Waals surface area contributed by atoms with E-state index in [1.165, 1.54) is 5.56 Å². The Labute approximate surface area is 116 Å². The Balaban J connectivity index is 2.68. The normalized spacial score (nSPS) is 12.9. The second kappa shape index (κ2) is 9.02. The number of ether oxygens (including phenoxy) is 2. The van der Waals surface area contributed by atoms with E-state index < -0.39 is 0 Å². The van der Waals surface area contributed by atoms with E-state index in [4.69, 9.17) is 9.47 Å². The molecule has 0 aliphatic heterocycles. The summed E-state index contributed by atoms with van der Waals surface area (Å²) in [7, 11) is 3.34. The van der Waals surface area contributed by atoms with Gasteiger partial charge in [0.1, 0.15) is 0 Å². The molecule has 1 N–H and O–H groups in total. The minimum absolute atomic E-state index is 0.120. The van der Waals surface area contributed by atoms with Crippen molar-refractivity contribution in [3.8, 4) is 0 Å². The molecule has 1 aromatic rings. The van der Waals surface area contributed by atoms with Crippen molar-refractivity contribution in [3.63, 3.8) is 0 Å². The Bertz CT molecular complexity index is 337. The Morgan fingerprint density at radius 3 is 2.42 bits per heavy atom. The molecule has 0 aliphatic rings. The summed E-state index contributed by atoms with van der Waals surface area (Å²) in [6.07, 6.45) is 4.60. The van der Waals surface area contributed by atoms with E-state index in [2.05, 4.69) is 36.3 Å². The molecule has 19 heavy (non-hydrogen) atoms. The Hall–Kier alpha value is -0.970. The van der Waals surface area contributed by atoms with E-state index in [0.717, 1.165) is 31.5 Å². The maximum Gasteiger partial charge on any atom is 0.172 e. The van der Waals surface area contributed by atoms with Crippen LogP contribution in [0.3, 0.4) is 0 Å². The standard InChI is InChI=1S/C15H26N2O2/c1-5-9-16-14(15(18-3)19-4)10-13-8-7-12(6-2)11-17-13/h7-8,11,14-16H,5-6,9-10H2,1-4H3. The third-order valence-corrected chi connectivity index (χ3v) is 3.17. The van der Waals surface area contributed by atoms with Crippen LogP contribution in [-0.4, -0.2) is 38.1 Å². The van der Waals surface area contributed by atoms with Crippen molar-refractivity contribution in [3.05, 3.63) is 29.6 Å². The SMILES string of the molecule is CCCNC(Cc1ccc(CC)cn1)C(OC)OC. The van der Waals surface area contributed by atoms with Gasteiger partial charge < -0.3 is 14.8 Å². The van der Waals surface area contributed by atoms with Crippen LogP contribution in [0, 0.1) is 0 Å². The van der Waals surface area contributed by atoms with Crippen LogP contribution in [0.2, 0.25) is 0 Å². The highest BCUT2D eigenvalue weighted by Crippen LogP contribution is 2.09. The summed E-state index contributed by atoms with van der Waals surface area (Å²) in [4.78, 5) is 4.50. The predicted octanol–water partition coefficient (Wildman–Crippen LogP) is 2.17. The number of hydrogen-bond donors (Lipinski definition) is 1. The van der Waals surface area contributed by atoms with Gasteiger partial charge in [-0.25, -0.2) is 0 Å². The van der Waals surface area contributed by atoms with Crippen molar-refractivity contribution in [1.29, 1.82) is 0 Å². The number of methoxy groups -OCH3 is 2. The minimum atomic E-state index is -0.251. The molecule has 0 radical (unpaired) electrons. The van der Waals surface area contributed by atoms with Crippen LogP contribution < -0.4 is 5.32 Å². The van der Waals surface area contributed by atoms with Gasteiger partial charge in [-0.2, -0.15) is 0 Å². The fourth-order valence-electron chi connectivity index (χ4n) is 2.03. The summed E-state index contributed by atoms with van der Waals surface area (Å²) in [6, 6.07) is 4.34. The van der Waals surface area contributed by atoms with Gasteiger partial charge in [0.2, 0.25) is 0 Å². The Kier molecular flexibility index (Phi) is 7.63. The second-order valence-electron chi connectivity index (χ2n) is 4.62. The van der Waals surface area contributed by atoms with Gasteiger partial charge in [0.25, 0.3) is 0 Å². The number of nitrogens with zero attached hydrogens (tertiary/aromatic N) is 1. The van der Waals surface area contributed by atoms with Crippen molar-refractivity contribution < 1.29 is 9.47 Å². The fraction of sp³-hybridized carbons (Fsp3) is 0.667. The van der Waals surface area contributed by atoms with Gasteiger partial charge in [0.15, 0.2) is 6.29 Å². The van der Waals surface area contributed by atoms with Crippen LogP contribution in [0.4, 0.5) is 0 Å². The van der Waals surface area contributed by atoms with Gasteiger partial charge in [-0.1, -0.05) is 19.9 Å². The van der Waals surface area contributed by atoms with E-state index >= 15 is 0 Å². The molecule has 0 aromatic carbocycles. The third-order valence-electron chi connectivity index (χ3n) is 3.17. The molecule has 1 unspecified atom stereocenters. The number of nitrogens with one attached hydrogen (secondary N) is 1. The van der Waals surface area contributed by atoms with Crippen molar-refractivity contribution >= 4 is 0 Å². The van der Waals surface area contributed by atoms with E-state index in [1.807, 2.05) is 6.20 Å². The van der Waals surface area contributed by atoms with E-state index in [-0.39, 0.29) is 12.3 Å². The van der Waals surface area contributed by atoms with Gasteiger partial charge in [0, 0.05) is 32.5 Å². The lowest BCUT2D eigenvalue weighted by Crippen LogP contribution is -2.44. The number of aryl methyl sites for hydroxylation is 1. The molecule has 0 aliphatic carbocycles. The largest absolute Gasteiger partial charge is 0.354 e. The van der Waals surface area contributed by atoms with Crippen LogP contribution in [0.15, 0.2) is 18.3 Å². The monoisotopic (exact) mass is 266 g/mol. The van der Waals surface area contributed by atoms with Gasteiger partial charge in [-0.3, -0.25) is 4.98 Å². The van der Waals surface area contributed by atoms with Gasteiger partial charge >= 0.3 is 0 Å². The zero-order valence-electron chi connectivity index (χ0n) is 12.5. The summed E-state index contributed by atoms with van der Waals surface area (Å²) < 4.78 is 10.7. The summed E-state index contributed by atoms with van der Waals surface area (Å²) in [5.41, 5.74) is 2.32. The van der Waals surface area contributed by atoms with Crippen LogP contribution in [-0.2, 0) is 22.3 Å². The number of hydrogen-bond acceptors (Lipinski definition) is 4. The highest BCUT2D eigenvalue weighted by Gasteiger charge is 2.21. The topological polar surface area (TPSA) is 43.4 Å².